The fourth-order valence-corrected chi connectivity index (χ4v) is 2.40. The van der Waals surface area contributed by atoms with Gasteiger partial charge in [-0.2, -0.15) is 0 Å². The Morgan fingerprint density at radius 3 is 2.58 bits per heavy atom. The van der Waals surface area contributed by atoms with Crippen LogP contribution in [0.1, 0.15) is 29.1 Å². The van der Waals surface area contributed by atoms with Gasteiger partial charge in [0.1, 0.15) is 0 Å². The maximum absolute atomic E-state index is 12.3. The highest BCUT2D eigenvalue weighted by Crippen LogP contribution is 2.27. The van der Waals surface area contributed by atoms with Gasteiger partial charge in [0.2, 0.25) is 0 Å². The zero-order valence-electron chi connectivity index (χ0n) is 10.6. The van der Waals surface area contributed by atoms with Crippen LogP contribution in [-0.4, -0.2) is 17.9 Å². The van der Waals surface area contributed by atoms with Crippen LogP contribution in [0.15, 0.2) is 45.5 Å². The first-order valence-electron chi connectivity index (χ1n) is 5.77. The summed E-state index contributed by atoms with van der Waals surface area (Å²) in [5.74, 6) is 0.117. The van der Waals surface area contributed by atoms with E-state index in [4.69, 9.17) is 16.0 Å². The van der Waals surface area contributed by atoms with E-state index in [-0.39, 0.29) is 11.9 Å². The average Bonchev–Trinajstić information content (AvgIpc) is 2.83. The predicted molar refractivity (Wildman–Crippen MR) is 78.4 cm³/mol. The van der Waals surface area contributed by atoms with Crippen molar-refractivity contribution < 1.29 is 9.21 Å². The summed E-state index contributed by atoms with van der Waals surface area (Å²) in [5.41, 5.74) is 0.908. The molecule has 0 aliphatic rings. The van der Waals surface area contributed by atoms with Gasteiger partial charge in [0.25, 0.3) is 5.91 Å². The first kappa shape index (κ1) is 14.2. The van der Waals surface area contributed by atoms with E-state index in [1.807, 2.05) is 31.2 Å². The van der Waals surface area contributed by atoms with Crippen molar-refractivity contribution >= 4 is 33.4 Å². The Morgan fingerprint density at radius 2 is 2.00 bits per heavy atom. The molecule has 1 unspecified atom stereocenters. The lowest BCUT2D eigenvalue weighted by atomic mass is 10.1. The fraction of sp³-hybridized carbons (Fsp3) is 0.214. The van der Waals surface area contributed by atoms with Crippen molar-refractivity contribution in [3.8, 4) is 0 Å². The van der Waals surface area contributed by atoms with Gasteiger partial charge in [0.15, 0.2) is 10.4 Å². The molecule has 0 aliphatic heterocycles. The summed E-state index contributed by atoms with van der Waals surface area (Å²) in [6.45, 7) is 1.93. The highest BCUT2D eigenvalue weighted by molar-refractivity contribution is 9.10. The minimum Gasteiger partial charge on any atom is -0.444 e. The smallest absolute Gasteiger partial charge is 0.289 e. The van der Waals surface area contributed by atoms with Crippen molar-refractivity contribution in [1.82, 2.24) is 4.90 Å². The molecule has 19 heavy (non-hydrogen) atoms. The van der Waals surface area contributed by atoms with Gasteiger partial charge >= 0.3 is 0 Å². The van der Waals surface area contributed by atoms with E-state index >= 15 is 0 Å². The maximum Gasteiger partial charge on any atom is 0.289 e. The summed E-state index contributed by atoms with van der Waals surface area (Å²) in [7, 11) is 1.73. The largest absolute Gasteiger partial charge is 0.444 e. The normalized spacial score (nSPS) is 12.2. The number of nitrogens with zero attached hydrogens (tertiary/aromatic N) is 1. The number of benzene rings is 1. The van der Waals surface area contributed by atoms with Crippen molar-refractivity contribution in [2.24, 2.45) is 0 Å². The van der Waals surface area contributed by atoms with Crippen molar-refractivity contribution in [1.29, 1.82) is 0 Å². The predicted octanol–water partition coefficient (Wildman–Crippen LogP) is 4.53. The van der Waals surface area contributed by atoms with Crippen LogP contribution in [0.2, 0.25) is 5.02 Å². The molecule has 2 rings (SSSR count). The molecule has 0 saturated heterocycles. The van der Waals surface area contributed by atoms with Crippen LogP contribution in [0, 0.1) is 0 Å². The first-order chi connectivity index (χ1) is 9.00. The van der Waals surface area contributed by atoms with Gasteiger partial charge in [-0.1, -0.05) is 29.8 Å². The van der Waals surface area contributed by atoms with E-state index in [2.05, 4.69) is 15.9 Å². The number of amides is 1. The molecule has 1 heterocycles. The molecule has 100 valence electrons. The molecule has 2 aromatic rings. The van der Waals surface area contributed by atoms with Crippen LogP contribution in [-0.2, 0) is 0 Å². The summed E-state index contributed by atoms with van der Waals surface area (Å²) in [6, 6.07) is 10.7. The van der Waals surface area contributed by atoms with Crippen LogP contribution in [0.4, 0.5) is 0 Å². The SMILES string of the molecule is CC(c1ccccc1Cl)N(C)C(=O)c1ccc(Br)o1. The number of carbonyl (C=O) groups excluding carboxylic acids is 1. The Bertz CT molecular complexity index is 597. The van der Waals surface area contributed by atoms with E-state index in [0.29, 0.717) is 15.5 Å². The summed E-state index contributed by atoms with van der Waals surface area (Å²) < 4.78 is 5.81. The quantitative estimate of drug-likeness (QED) is 0.821. The molecule has 1 aromatic carbocycles. The zero-order valence-corrected chi connectivity index (χ0v) is 12.9. The molecule has 1 amide bonds. The Kier molecular flexibility index (Phi) is 4.32. The zero-order chi connectivity index (χ0) is 14.0. The van der Waals surface area contributed by atoms with E-state index in [1.54, 1.807) is 24.1 Å². The van der Waals surface area contributed by atoms with Crippen molar-refractivity contribution in [3.63, 3.8) is 0 Å². The standard InChI is InChI=1S/C14H13BrClNO2/c1-9(10-5-3-4-6-11(10)16)17(2)14(18)12-7-8-13(15)19-12/h3-9H,1-2H3. The van der Waals surface area contributed by atoms with Gasteiger partial charge in [-0.15, -0.1) is 0 Å². The highest BCUT2D eigenvalue weighted by atomic mass is 79.9. The van der Waals surface area contributed by atoms with Crippen LogP contribution < -0.4 is 0 Å². The van der Waals surface area contributed by atoms with Crippen LogP contribution in [0.3, 0.4) is 0 Å². The van der Waals surface area contributed by atoms with Crippen molar-refractivity contribution in [2.45, 2.75) is 13.0 Å². The molecule has 0 bridgehead atoms. The van der Waals surface area contributed by atoms with Gasteiger partial charge in [-0.3, -0.25) is 4.79 Å². The lowest BCUT2D eigenvalue weighted by Gasteiger charge is -2.25. The molecular weight excluding hydrogens is 330 g/mol. The molecule has 0 saturated carbocycles. The van der Waals surface area contributed by atoms with Crippen LogP contribution in [0.5, 0.6) is 0 Å². The number of carbonyl (C=O) groups is 1. The minimum absolute atomic E-state index is 0.134. The third-order valence-corrected chi connectivity index (χ3v) is 3.81. The Morgan fingerprint density at radius 1 is 1.32 bits per heavy atom. The third kappa shape index (κ3) is 3.01. The summed E-state index contributed by atoms with van der Waals surface area (Å²) in [5, 5.41) is 0.648. The second-order valence-corrected chi connectivity index (χ2v) is 5.41. The lowest BCUT2D eigenvalue weighted by Crippen LogP contribution is -2.29. The summed E-state index contributed by atoms with van der Waals surface area (Å²) in [6.07, 6.45) is 0. The van der Waals surface area contributed by atoms with Crippen molar-refractivity contribution in [2.75, 3.05) is 7.05 Å². The topological polar surface area (TPSA) is 33.5 Å². The first-order valence-corrected chi connectivity index (χ1v) is 6.94. The van der Waals surface area contributed by atoms with E-state index < -0.39 is 0 Å². The summed E-state index contributed by atoms with van der Waals surface area (Å²) in [4.78, 5) is 13.9. The molecule has 0 fully saturated rings. The fourth-order valence-electron chi connectivity index (χ4n) is 1.80. The van der Waals surface area contributed by atoms with E-state index in [9.17, 15) is 4.79 Å². The monoisotopic (exact) mass is 341 g/mol. The average molecular weight is 343 g/mol. The third-order valence-electron chi connectivity index (χ3n) is 3.04. The second-order valence-electron chi connectivity index (χ2n) is 4.22. The van der Waals surface area contributed by atoms with Crippen molar-refractivity contribution in [3.05, 3.63) is 57.4 Å². The van der Waals surface area contributed by atoms with Crippen LogP contribution >= 0.6 is 27.5 Å². The molecule has 0 radical (unpaired) electrons. The number of hydrogen-bond acceptors (Lipinski definition) is 2. The highest BCUT2D eigenvalue weighted by Gasteiger charge is 2.22. The number of halogens is 2. The Labute approximate surface area is 125 Å². The van der Waals surface area contributed by atoms with Gasteiger partial charge in [-0.25, -0.2) is 0 Å². The van der Waals surface area contributed by atoms with E-state index in [0.717, 1.165) is 5.56 Å². The molecule has 1 aromatic heterocycles. The molecule has 0 spiro atoms. The lowest BCUT2D eigenvalue weighted by molar-refractivity contribution is 0.0709. The number of furan rings is 1. The maximum atomic E-state index is 12.3. The van der Waals surface area contributed by atoms with Gasteiger partial charge < -0.3 is 9.32 Å². The summed E-state index contributed by atoms with van der Waals surface area (Å²) >= 11 is 9.33. The molecule has 0 N–H and O–H groups in total. The number of hydrogen-bond donors (Lipinski definition) is 0. The molecule has 5 heteroatoms. The molecular formula is C14H13BrClNO2. The van der Waals surface area contributed by atoms with Gasteiger partial charge in [0, 0.05) is 12.1 Å². The molecule has 1 atom stereocenters. The molecule has 0 aliphatic carbocycles. The second kappa shape index (κ2) is 5.80. The van der Waals surface area contributed by atoms with E-state index in [1.165, 1.54) is 0 Å². The minimum atomic E-state index is -0.182. The van der Waals surface area contributed by atoms with Crippen LogP contribution in [0.25, 0.3) is 0 Å². The van der Waals surface area contributed by atoms with Gasteiger partial charge in [0.05, 0.1) is 6.04 Å². The molecule has 3 nitrogen and oxygen atoms in total. The Balaban J connectivity index is 2.22. The van der Waals surface area contributed by atoms with Gasteiger partial charge in [-0.05, 0) is 46.6 Å². The number of rotatable bonds is 3. The Hall–Kier alpha value is -1.26.